The van der Waals surface area contributed by atoms with Gasteiger partial charge in [0, 0.05) is 24.3 Å². The second-order valence-corrected chi connectivity index (χ2v) is 5.35. The van der Waals surface area contributed by atoms with E-state index < -0.39 is 0 Å². The number of rotatable bonds is 11. The average Bonchev–Trinajstić information content (AvgIpc) is 2.48. The zero-order valence-corrected chi connectivity index (χ0v) is 13.2. The Bertz CT molecular complexity index is 398. The Morgan fingerprint density at radius 2 is 2.00 bits per heavy atom. The minimum Gasteiger partial charge on any atom is -0.493 e. The molecule has 0 aliphatic heterocycles. The fraction of sp³-hybridized carbons (Fsp3) is 0.647. The van der Waals surface area contributed by atoms with Crippen LogP contribution in [0.15, 0.2) is 18.2 Å². The summed E-state index contributed by atoms with van der Waals surface area (Å²) in [5.41, 5.74) is 0.679. The maximum Gasteiger partial charge on any atom is 0.131 e. The molecule has 1 rings (SSSR count). The van der Waals surface area contributed by atoms with Crippen LogP contribution in [0, 0.1) is 5.82 Å². The summed E-state index contributed by atoms with van der Waals surface area (Å²) in [4.78, 5) is 0. The van der Waals surface area contributed by atoms with Gasteiger partial charge < -0.3 is 15.2 Å². The zero-order valence-electron chi connectivity index (χ0n) is 13.2. The maximum atomic E-state index is 14.1. The second-order valence-electron chi connectivity index (χ2n) is 5.35. The molecule has 0 saturated carbocycles. The monoisotopic (exact) mass is 297 g/mol. The van der Waals surface area contributed by atoms with Crippen LogP contribution in [0.3, 0.4) is 0 Å². The van der Waals surface area contributed by atoms with E-state index in [9.17, 15) is 4.39 Å². The number of hydrogen-bond acceptors (Lipinski definition) is 3. The van der Waals surface area contributed by atoms with Gasteiger partial charge in [0.25, 0.3) is 0 Å². The van der Waals surface area contributed by atoms with Crippen LogP contribution in [0.4, 0.5) is 4.39 Å². The normalized spacial score (nSPS) is 12.4. The van der Waals surface area contributed by atoms with Crippen molar-refractivity contribution in [3.8, 4) is 5.75 Å². The Morgan fingerprint density at radius 3 is 2.67 bits per heavy atom. The highest BCUT2D eigenvalue weighted by molar-refractivity contribution is 5.30. The van der Waals surface area contributed by atoms with Crippen LogP contribution >= 0.6 is 0 Å². The molecule has 0 aliphatic rings. The molecular weight excluding hydrogens is 269 g/mol. The number of halogens is 1. The summed E-state index contributed by atoms with van der Waals surface area (Å²) in [6.45, 7) is 5.78. The van der Waals surface area contributed by atoms with Gasteiger partial charge in [-0.15, -0.1) is 0 Å². The molecule has 0 saturated heterocycles. The molecule has 0 spiro atoms. The lowest BCUT2D eigenvalue weighted by atomic mass is 10.1. The van der Waals surface area contributed by atoms with Gasteiger partial charge in [-0.3, -0.25) is 0 Å². The lowest BCUT2D eigenvalue weighted by Crippen LogP contribution is -2.20. The first-order chi connectivity index (χ1) is 10.2. The summed E-state index contributed by atoms with van der Waals surface area (Å²) >= 11 is 0. The van der Waals surface area contributed by atoms with Crippen LogP contribution in [-0.2, 0) is 0 Å². The van der Waals surface area contributed by atoms with E-state index in [1.54, 1.807) is 6.07 Å². The fourth-order valence-electron chi connectivity index (χ4n) is 2.18. The summed E-state index contributed by atoms with van der Waals surface area (Å²) in [6, 6.07) is 5.10. The largest absolute Gasteiger partial charge is 0.493 e. The number of ether oxygens (including phenoxy) is 1. The van der Waals surface area contributed by atoms with Crippen LogP contribution < -0.4 is 10.1 Å². The first-order valence-electron chi connectivity index (χ1n) is 7.95. The summed E-state index contributed by atoms with van der Waals surface area (Å²) in [5, 5.41) is 12.0. The van der Waals surface area contributed by atoms with Gasteiger partial charge in [-0.1, -0.05) is 19.4 Å². The van der Waals surface area contributed by atoms with E-state index in [-0.39, 0.29) is 18.5 Å². The average molecular weight is 297 g/mol. The van der Waals surface area contributed by atoms with Crippen LogP contribution in [-0.4, -0.2) is 24.9 Å². The van der Waals surface area contributed by atoms with Gasteiger partial charge in [-0.05, 0) is 45.2 Å². The van der Waals surface area contributed by atoms with Gasteiger partial charge in [0.1, 0.15) is 11.6 Å². The van der Waals surface area contributed by atoms with E-state index in [1.165, 1.54) is 6.07 Å². The summed E-state index contributed by atoms with van der Waals surface area (Å²) in [6.07, 6.45) is 4.83. The van der Waals surface area contributed by atoms with E-state index in [1.807, 2.05) is 13.0 Å². The molecule has 0 aliphatic carbocycles. The van der Waals surface area contributed by atoms with Crippen molar-refractivity contribution in [3.05, 3.63) is 29.6 Å². The van der Waals surface area contributed by atoms with E-state index in [0.29, 0.717) is 17.9 Å². The molecule has 21 heavy (non-hydrogen) atoms. The molecule has 1 atom stereocenters. The third kappa shape index (κ3) is 6.91. The molecule has 1 aromatic carbocycles. The maximum absolute atomic E-state index is 14.1. The van der Waals surface area contributed by atoms with Gasteiger partial charge in [-0.25, -0.2) is 4.39 Å². The molecular formula is C17H28FNO2. The van der Waals surface area contributed by atoms with Crippen LogP contribution in [0.25, 0.3) is 0 Å². The fourth-order valence-corrected chi connectivity index (χ4v) is 2.18. The predicted octanol–water partition coefficient (Wildman–Crippen LogP) is 3.82. The Hall–Kier alpha value is -1.13. The highest BCUT2D eigenvalue weighted by atomic mass is 19.1. The molecule has 2 N–H and O–H groups in total. The number of aliphatic hydroxyl groups is 1. The topological polar surface area (TPSA) is 41.5 Å². The Morgan fingerprint density at radius 1 is 1.24 bits per heavy atom. The van der Waals surface area contributed by atoms with Gasteiger partial charge in [0.05, 0.1) is 6.61 Å². The van der Waals surface area contributed by atoms with Gasteiger partial charge in [-0.2, -0.15) is 0 Å². The summed E-state index contributed by atoms with van der Waals surface area (Å²) in [7, 11) is 0. The molecule has 1 aromatic rings. The third-order valence-electron chi connectivity index (χ3n) is 3.46. The van der Waals surface area contributed by atoms with E-state index in [0.717, 1.165) is 38.6 Å². The predicted molar refractivity (Wildman–Crippen MR) is 84.2 cm³/mol. The molecule has 1 unspecified atom stereocenters. The smallest absolute Gasteiger partial charge is 0.131 e. The standard InChI is InChI=1S/C17H28FNO2/c1-3-10-19-14(2)16-9-8-15(13-17(16)18)21-12-7-5-4-6-11-20/h8-9,13-14,19-20H,3-7,10-12H2,1-2H3. The van der Waals surface area contributed by atoms with Crippen LogP contribution in [0.5, 0.6) is 5.75 Å². The molecule has 3 nitrogen and oxygen atoms in total. The Kier molecular flexibility index (Phi) is 9.02. The summed E-state index contributed by atoms with van der Waals surface area (Å²) in [5.74, 6) is 0.366. The number of aliphatic hydroxyl groups excluding tert-OH is 1. The molecule has 0 radical (unpaired) electrons. The number of benzene rings is 1. The molecule has 4 heteroatoms. The molecule has 0 fully saturated rings. The van der Waals surface area contributed by atoms with Gasteiger partial charge >= 0.3 is 0 Å². The quantitative estimate of drug-likeness (QED) is 0.610. The minimum absolute atomic E-state index is 0.0116. The summed E-state index contributed by atoms with van der Waals surface area (Å²) < 4.78 is 19.6. The molecule has 120 valence electrons. The SMILES string of the molecule is CCCNC(C)c1ccc(OCCCCCCO)cc1F. The van der Waals surface area contributed by atoms with Crippen molar-refractivity contribution in [1.29, 1.82) is 0 Å². The molecule has 0 aromatic heterocycles. The van der Waals surface area contributed by atoms with Crippen molar-refractivity contribution >= 4 is 0 Å². The molecule has 0 heterocycles. The molecule has 0 amide bonds. The number of hydrogen-bond donors (Lipinski definition) is 2. The number of unbranched alkanes of at least 4 members (excludes halogenated alkanes) is 3. The lowest BCUT2D eigenvalue weighted by molar-refractivity contribution is 0.273. The van der Waals surface area contributed by atoms with Crippen molar-refractivity contribution in [3.63, 3.8) is 0 Å². The van der Waals surface area contributed by atoms with Crippen molar-refractivity contribution in [2.75, 3.05) is 19.8 Å². The second kappa shape index (κ2) is 10.6. The Labute approximate surface area is 127 Å². The van der Waals surface area contributed by atoms with E-state index in [2.05, 4.69) is 12.2 Å². The minimum atomic E-state index is -0.219. The third-order valence-corrected chi connectivity index (χ3v) is 3.46. The Balaban J connectivity index is 2.39. The van der Waals surface area contributed by atoms with Crippen LogP contribution in [0.1, 0.15) is 57.6 Å². The molecule has 0 bridgehead atoms. The van der Waals surface area contributed by atoms with Crippen molar-refractivity contribution < 1.29 is 14.2 Å². The highest BCUT2D eigenvalue weighted by Gasteiger charge is 2.11. The van der Waals surface area contributed by atoms with E-state index >= 15 is 0 Å². The van der Waals surface area contributed by atoms with Gasteiger partial charge in [0.15, 0.2) is 0 Å². The van der Waals surface area contributed by atoms with Crippen molar-refractivity contribution in [1.82, 2.24) is 5.32 Å². The van der Waals surface area contributed by atoms with Gasteiger partial charge in [0.2, 0.25) is 0 Å². The number of nitrogens with one attached hydrogen (secondary N) is 1. The van der Waals surface area contributed by atoms with Crippen molar-refractivity contribution in [2.45, 2.75) is 52.0 Å². The highest BCUT2D eigenvalue weighted by Crippen LogP contribution is 2.22. The zero-order chi connectivity index (χ0) is 15.5. The van der Waals surface area contributed by atoms with Crippen molar-refractivity contribution in [2.24, 2.45) is 0 Å². The van der Waals surface area contributed by atoms with Crippen LogP contribution in [0.2, 0.25) is 0 Å². The lowest BCUT2D eigenvalue weighted by Gasteiger charge is -2.15. The first-order valence-corrected chi connectivity index (χ1v) is 7.95. The first kappa shape index (κ1) is 17.9. The van der Waals surface area contributed by atoms with E-state index in [4.69, 9.17) is 9.84 Å².